The predicted octanol–water partition coefficient (Wildman–Crippen LogP) is 5.32. The van der Waals surface area contributed by atoms with E-state index in [4.69, 9.17) is 11.6 Å². The Morgan fingerprint density at radius 1 is 1.40 bits per heavy atom. The number of rotatable bonds is 7. The van der Waals surface area contributed by atoms with Crippen LogP contribution in [0.15, 0.2) is 16.7 Å². The highest BCUT2D eigenvalue weighted by Gasteiger charge is 2.34. The summed E-state index contributed by atoms with van der Waals surface area (Å²) >= 11 is 8.72. The Bertz CT molecular complexity index is 421. The van der Waals surface area contributed by atoms with Crippen molar-refractivity contribution in [2.75, 3.05) is 17.7 Å². The maximum Gasteiger partial charge on any atom is 0.419 e. The molecule has 1 heterocycles. The van der Waals surface area contributed by atoms with Gasteiger partial charge in [-0.15, -0.1) is 11.6 Å². The Morgan fingerprint density at radius 2 is 2.10 bits per heavy atom. The number of aromatic nitrogens is 1. The van der Waals surface area contributed by atoms with Crippen LogP contribution in [0.3, 0.4) is 0 Å². The lowest BCUT2D eigenvalue weighted by atomic mass is 10.0. The first kappa shape index (κ1) is 17.6. The van der Waals surface area contributed by atoms with E-state index in [1.165, 1.54) is 6.20 Å². The van der Waals surface area contributed by atoms with Crippen LogP contribution in [0.25, 0.3) is 0 Å². The average molecular weight is 374 g/mol. The first-order chi connectivity index (χ1) is 9.38. The molecule has 1 atom stereocenters. The zero-order valence-corrected chi connectivity index (χ0v) is 13.4. The van der Waals surface area contributed by atoms with Crippen molar-refractivity contribution >= 4 is 33.3 Å². The number of hydrogen-bond acceptors (Lipinski definition) is 2. The van der Waals surface area contributed by atoms with Crippen molar-refractivity contribution in [2.45, 2.75) is 32.4 Å². The van der Waals surface area contributed by atoms with Crippen LogP contribution in [0.5, 0.6) is 0 Å². The number of halogens is 5. The molecule has 0 aliphatic carbocycles. The summed E-state index contributed by atoms with van der Waals surface area (Å²) in [5.74, 6) is 0.632. The molecule has 1 rings (SSSR count). The summed E-state index contributed by atoms with van der Waals surface area (Å²) in [6.07, 6.45) is -0.388. The van der Waals surface area contributed by atoms with Crippen LogP contribution in [-0.2, 0) is 6.18 Å². The topological polar surface area (TPSA) is 24.9 Å². The molecule has 2 nitrogen and oxygen atoms in total. The smallest absolute Gasteiger partial charge is 0.369 e. The fraction of sp³-hybridized carbons (Fsp3) is 0.615. The Labute approximate surface area is 130 Å². The van der Waals surface area contributed by atoms with E-state index < -0.39 is 11.7 Å². The highest BCUT2D eigenvalue weighted by atomic mass is 79.9. The summed E-state index contributed by atoms with van der Waals surface area (Å²) in [5, 5.41) is 2.81. The first-order valence-corrected chi connectivity index (χ1v) is 7.73. The van der Waals surface area contributed by atoms with Crippen LogP contribution >= 0.6 is 27.5 Å². The van der Waals surface area contributed by atoms with Crippen LogP contribution in [-0.4, -0.2) is 17.4 Å². The SMILES string of the molecule is CCCC(CCCl)CNc1ncc(Br)cc1C(F)(F)F. The first-order valence-electron chi connectivity index (χ1n) is 6.41. The lowest BCUT2D eigenvalue weighted by Gasteiger charge is -2.18. The zero-order valence-electron chi connectivity index (χ0n) is 11.1. The maximum atomic E-state index is 12.9. The van der Waals surface area contributed by atoms with Crippen molar-refractivity contribution in [1.82, 2.24) is 4.98 Å². The van der Waals surface area contributed by atoms with Gasteiger partial charge in [-0.3, -0.25) is 0 Å². The van der Waals surface area contributed by atoms with Gasteiger partial charge in [-0.2, -0.15) is 13.2 Å². The third-order valence-electron chi connectivity index (χ3n) is 2.93. The third-order valence-corrected chi connectivity index (χ3v) is 3.58. The number of hydrogen-bond donors (Lipinski definition) is 1. The molecule has 1 unspecified atom stereocenters. The summed E-state index contributed by atoms with van der Waals surface area (Å²) in [4.78, 5) is 3.83. The lowest BCUT2D eigenvalue weighted by Crippen LogP contribution is -2.19. The highest BCUT2D eigenvalue weighted by molar-refractivity contribution is 9.10. The van der Waals surface area contributed by atoms with Gasteiger partial charge in [0.05, 0.1) is 5.56 Å². The van der Waals surface area contributed by atoms with Gasteiger partial charge in [0.2, 0.25) is 0 Å². The molecule has 0 aliphatic heterocycles. The summed E-state index contributed by atoms with van der Waals surface area (Å²) in [6, 6.07) is 1.03. The van der Waals surface area contributed by atoms with Crippen molar-refractivity contribution < 1.29 is 13.2 Å². The zero-order chi connectivity index (χ0) is 15.2. The second-order valence-corrected chi connectivity index (χ2v) is 5.85. The van der Waals surface area contributed by atoms with Crippen molar-refractivity contribution in [2.24, 2.45) is 5.92 Å². The van der Waals surface area contributed by atoms with Gasteiger partial charge in [0.1, 0.15) is 5.82 Å². The van der Waals surface area contributed by atoms with E-state index in [0.717, 1.165) is 25.3 Å². The van der Waals surface area contributed by atoms with Gasteiger partial charge < -0.3 is 5.32 Å². The van der Waals surface area contributed by atoms with Crippen LogP contribution in [0, 0.1) is 5.92 Å². The van der Waals surface area contributed by atoms with Gasteiger partial charge in [0.25, 0.3) is 0 Å². The Balaban J connectivity index is 2.81. The summed E-state index contributed by atoms with van der Waals surface area (Å²) in [5.41, 5.74) is -0.756. The standard InChI is InChI=1S/C13H17BrClF3N2/c1-2-3-9(4-5-15)7-19-12-11(13(16,17)18)6-10(14)8-20-12/h6,8-9H,2-5,7H2,1H3,(H,19,20). The molecular weight excluding hydrogens is 357 g/mol. The van der Waals surface area contributed by atoms with E-state index in [1.54, 1.807) is 0 Å². The van der Waals surface area contributed by atoms with E-state index in [0.29, 0.717) is 16.9 Å². The van der Waals surface area contributed by atoms with Gasteiger partial charge in [-0.1, -0.05) is 13.3 Å². The van der Waals surface area contributed by atoms with Crippen LogP contribution < -0.4 is 5.32 Å². The monoisotopic (exact) mass is 372 g/mol. The molecule has 0 saturated heterocycles. The van der Waals surface area contributed by atoms with Crippen molar-refractivity contribution in [1.29, 1.82) is 0 Å². The molecule has 0 spiro atoms. The second-order valence-electron chi connectivity index (χ2n) is 4.56. The van der Waals surface area contributed by atoms with Gasteiger partial charge in [0, 0.05) is 23.1 Å². The minimum Gasteiger partial charge on any atom is -0.369 e. The molecule has 7 heteroatoms. The van der Waals surface area contributed by atoms with Crippen molar-refractivity contribution in [3.63, 3.8) is 0 Å². The predicted molar refractivity (Wildman–Crippen MR) is 79.2 cm³/mol. The van der Waals surface area contributed by atoms with Gasteiger partial charge in [0.15, 0.2) is 0 Å². The number of alkyl halides is 4. The molecule has 0 fully saturated rings. The van der Waals surface area contributed by atoms with Gasteiger partial charge in [-0.05, 0) is 40.8 Å². The van der Waals surface area contributed by atoms with Crippen molar-refractivity contribution in [3.05, 3.63) is 22.3 Å². The lowest BCUT2D eigenvalue weighted by molar-refractivity contribution is -0.137. The number of nitrogens with zero attached hydrogens (tertiary/aromatic N) is 1. The van der Waals surface area contributed by atoms with E-state index in [1.807, 2.05) is 6.92 Å². The van der Waals surface area contributed by atoms with Crippen LogP contribution in [0.1, 0.15) is 31.7 Å². The molecule has 0 aliphatic rings. The van der Waals surface area contributed by atoms with Gasteiger partial charge >= 0.3 is 6.18 Å². The molecule has 114 valence electrons. The fourth-order valence-corrected chi connectivity index (χ4v) is 2.59. The number of anilines is 1. The largest absolute Gasteiger partial charge is 0.419 e. The molecule has 0 aromatic carbocycles. The summed E-state index contributed by atoms with van der Waals surface area (Å²) in [7, 11) is 0. The number of nitrogens with one attached hydrogen (secondary N) is 1. The van der Waals surface area contributed by atoms with Crippen LogP contribution in [0.2, 0.25) is 0 Å². The van der Waals surface area contributed by atoms with E-state index in [2.05, 4.69) is 26.2 Å². The number of pyridine rings is 1. The molecule has 20 heavy (non-hydrogen) atoms. The summed E-state index contributed by atoms with van der Waals surface area (Å²) < 4.78 is 39.1. The quantitative estimate of drug-likeness (QED) is 0.654. The van der Waals surface area contributed by atoms with E-state index in [9.17, 15) is 13.2 Å². The van der Waals surface area contributed by atoms with E-state index >= 15 is 0 Å². The molecule has 1 aromatic heterocycles. The highest BCUT2D eigenvalue weighted by Crippen LogP contribution is 2.35. The molecule has 1 aromatic rings. The minimum absolute atomic E-state index is 0.128. The third kappa shape index (κ3) is 5.48. The Morgan fingerprint density at radius 3 is 2.65 bits per heavy atom. The maximum absolute atomic E-state index is 12.9. The summed E-state index contributed by atoms with van der Waals surface area (Å²) in [6.45, 7) is 2.48. The molecular formula is C13H17BrClF3N2. The average Bonchev–Trinajstić information content (AvgIpc) is 2.36. The van der Waals surface area contributed by atoms with Crippen LogP contribution in [0.4, 0.5) is 19.0 Å². The molecule has 0 saturated carbocycles. The molecule has 1 N–H and O–H groups in total. The Hall–Kier alpha value is -0.490. The molecule has 0 radical (unpaired) electrons. The van der Waals surface area contributed by atoms with E-state index in [-0.39, 0.29) is 11.7 Å². The molecule has 0 bridgehead atoms. The van der Waals surface area contributed by atoms with Crippen molar-refractivity contribution in [3.8, 4) is 0 Å². The Kier molecular flexibility index (Phi) is 7.09. The minimum atomic E-state index is -4.42. The fourth-order valence-electron chi connectivity index (χ4n) is 1.95. The second kappa shape index (κ2) is 8.08. The normalized spacial score (nSPS) is 13.3. The van der Waals surface area contributed by atoms with Gasteiger partial charge in [-0.25, -0.2) is 4.98 Å². The molecule has 0 amide bonds.